The summed E-state index contributed by atoms with van der Waals surface area (Å²) in [6.07, 6.45) is 0.323. The molecule has 0 amide bonds. The van der Waals surface area contributed by atoms with Crippen LogP contribution in [0.2, 0.25) is 0 Å². The highest BCUT2D eigenvalue weighted by atomic mass is 16.3. The quantitative estimate of drug-likeness (QED) is 0.550. The molecule has 1 aromatic rings. The Morgan fingerprint density at radius 3 is 2.88 bits per heavy atom. The van der Waals surface area contributed by atoms with Gasteiger partial charge in [-0.2, -0.15) is 0 Å². The van der Waals surface area contributed by atoms with Crippen molar-refractivity contribution < 1.29 is 5.11 Å². The minimum Gasteiger partial charge on any atom is -0.391 e. The summed E-state index contributed by atoms with van der Waals surface area (Å²) >= 11 is 0. The Balaban J connectivity index is 2.25. The monoisotopic (exact) mass is 226 g/mol. The number of aliphatic hydroxyl groups is 1. The number of aromatic nitrogens is 3. The van der Waals surface area contributed by atoms with Crippen LogP contribution in [0.15, 0.2) is 9.59 Å². The van der Waals surface area contributed by atoms with Crippen molar-refractivity contribution in [2.75, 3.05) is 18.0 Å². The van der Waals surface area contributed by atoms with Crippen LogP contribution in [-0.2, 0) is 0 Å². The molecule has 0 radical (unpaired) electrons. The largest absolute Gasteiger partial charge is 0.391 e. The molecule has 88 valence electrons. The highest BCUT2D eigenvalue weighted by molar-refractivity contribution is 5.34. The lowest BCUT2D eigenvalue weighted by atomic mass is 9.96. The van der Waals surface area contributed by atoms with E-state index in [0.717, 1.165) is 6.42 Å². The summed E-state index contributed by atoms with van der Waals surface area (Å²) in [6.45, 7) is 2.98. The molecule has 0 aliphatic carbocycles. The van der Waals surface area contributed by atoms with Crippen LogP contribution >= 0.6 is 0 Å². The van der Waals surface area contributed by atoms with Crippen molar-refractivity contribution in [3.05, 3.63) is 20.8 Å². The van der Waals surface area contributed by atoms with Gasteiger partial charge in [-0.05, 0) is 12.3 Å². The van der Waals surface area contributed by atoms with E-state index >= 15 is 0 Å². The van der Waals surface area contributed by atoms with Gasteiger partial charge in [0, 0.05) is 13.1 Å². The van der Waals surface area contributed by atoms with Crippen molar-refractivity contribution in [3.63, 3.8) is 0 Å². The van der Waals surface area contributed by atoms with Crippen molar-refractivity contribution in [1.29, 1.82) is 0 Å². The number of rotatable bonds is 1. The number of hydrogen-bond donors (Lipinski definition) is 3. The molecule has 3 N–H and O–H groups in total. The molecule has 0 spiro atoms. The van der Waals surface area contributed by atoms with Gasteiger partial charge in [-0.25, -0.2) is 9.89 Å². The van der Waals surface area contributed by atoms with Crippen LogP contribution in [0, 0.1) is 5.92 Å². The summed E-state index contributed by atoms with van der Waals surface area (Å²) < 4.78 is 0. The summed E-state index contributed by atoms with van der Waals surface area (Å²) in [7, 11) is 0. The Morgan fingerprint density at radius 2 is 2.25 bits per heavy atom. The number of piperidine rings is 1. The number of nitrogens with zero attached hydrogens (tertiary/aromatic N) is 2. The molecular formula is C9H14N4O3. The Kier molecular flexibility index (Phi) is 2.78. The molecule has 0 saturated carbocycles. The summed E-state index contributed by atoms with van der Waals surface area (Å²) in [5.41, 5.74) is -1.15. The van der Waals surface area contributed by atoms with Crippen LogP contribution < -0.4 is 16.1 Å². The van der Waals surface area contributed by atoms with E-state index in [-0.39, 0.29) is 11.7 Å². The Labute approximate surface area is 91.1 Å². The van der Waals surface area contributed by atoms with E-state index in [2.05, 4.69) is 15.2 Å². The van der Waals surface area contributed by atoms with Gasteiger partial charge in [-0.15, -0.1) is 5.10 Å². The van der Waals surface area contributed by atoms with Crippen molar-refractivity contribution in [3.8, 4) is 0 Å². The maximum atomic E-state index is 11.5. The molecule has 1 saturated heterocycles. The van der Waals surface area contributed by atoms with Gasteiger partial charge in [0.25, 0.3) is 5.56 Å². The van der Waals surface area contributed by atoms with E-state index in [1.165, 1.54) is 0 Å². The number of anilines is 1. The third-order valence-electron chi connectivity index (χ3n) is 2.91. The first kappa shape index (κ1) is 10.9. The third kappa shape index (κ3) is 1.99. The molecule has 1 aliphatic rings. The summed E-state index contributed by atoms with van der Waals surface area (Å²) in [5, 5.41) is 15.6. The average molecular weight is 226 g/mol. The first-order valence-corrected chi connectivity index (χ1v) is 5.20. The number of nitrogens with one attached hydrogen (secondary N) is 2. The van der Waals surface area contributed by atoms with Crippen LogP contribution in [0.1, 0.15) is 13.3 Å². The number of aliphatic hydroxyl groups excluding tert-OH is 1. The lowest BCUT2D eigenvalue weighted by Crippen LogP contribution is -2.46. The van der Waals surface area contributed by atoms with Crippen LogP contribution in [0.3, 0.4) is 0 Å². The molecule has 1 aliphatic heterocycles. The van der Waals surface area contributed by atoms with E-state index < -0.39 is 17.4 Å². The molecule has 16 heavy (non-hydrogen) atoms. The van der Waals surface area contributed by atoms with E-state index in [1.54, 1.807) is 4.90 Å². The number of H-pyrrole nitrogens is 2. The molecule has 2 heterocycles. The number of β-amino-alcohol motifs (C(OH)–C–C–N with tert-alkyl or cyclic N) is 1. The van der Waals surface area contributed by atoms with Gasteiger partial charge in [0.1, 0.15) is 0 Å². The summed E-state index contributed by atoms with van der Waals surface area (Å²) in [4.78, 5) is 26.1. The van der Waals surface area contributed by atoms with Gasteiger partial charge in [-0.1, -0.05) is 6.92 Å². The van der Waals surface area contributed by atoms with Crippen molar-refractivity contribution in [2.45, 2.75) is 19.4 Å². The maximum Gasteiger partial charge on any atom is 0.342 e. The van der Waals surface area contributed by atoms with E-state index in [4.69, 9.17) is 0 Å². The molecule has 0 aromatic carbocycles. The second-order valence-electron chi connectivity index (χ2n) is 4.11. The third-order valence-corrected chi connectivity index (χ3v) is 2.91. The first-order chi connectivity index (χ1) is 7.58. The van der Waals surface area contributed by atoms with E-state index in [1.807, 2.05) is 6.92 Å². The van der Waals surface area contributed by atoms with Gasteiger partial charge in [0.2, 0.25) is 5.82 Å². The molecule has 7 heteroatoms. The molecule has 7 nitrogen and oxygen atoms in total. The number of hydrogen-bond acceptors (Lipinski definition) is 5. The standard InChI is InChI=1S/C9H14N4O3/c1-5-2-3-13(4-6(5)14)7-8(15)10-9(16)12-11-7/h5-6,14H,2-4H2,1H3,(H2,10,12,15,16). The fourth-order valence-corrected chi connectivity index (χ4v) is 1.80. The van der Waals surface area contributed by atoms with Crippen molar-refractivity contribution in [2.24, 2.45) is 5.92 Å². The van der Waals surface area contributed by atoms with E-state index in [9.17, 15) is 14.7 Å². The highest BCUT2D eigenvalue weighted by Gasteiger charge is 2.26. The van der Waals surface area contributed by atoms with Crippen LogP contribution in [0.4, 0.5) is 5.82 Å². The first-order valence-electron chi connectivity index (χ1n) is 5.20. The van der Waals surface area contributed by atoms with Crippen LogP contribution in [0.25, 0.3) is 0 Å². The Hall–Kier alpha value is -1.63. The molecule has 2 rings (SSSR count). The normalized spacial score (nSPS) is 25.8. The molecule has 1 aromatic heterocycles. The topological polar surface area (TPSA) is 102 Å². The van der Waals surface area contributed by atoms with Crippen LogP contribution in [0.5, 0.6) is 0 Å². The molecule has 0 bridgehead atoms. The average Bonchev–Trinajstić information content (AvgIpc) is 2.22. The molecular weight excluding hydrogens is 212 g/mol. The van der Waals surface area contributed by atoms with Crippen molar-refractivity contribution >= 4 is 5.82 Å². The minimum absolute atomic E-state index is 0.158. The fraction of sp³-hybridized carbons (Fsp3) is 0.667. The summed E-state index contributed by atoms with van der Waals surface area (Å²) in [6, 6.07) is 0. The van der Waals surface area contributed by atoms with E-state index in [0.29, 0.717) is 13.1 Å². The molecule has 2 unspecified atom stereocenters. The summed E-state index contributed by atoms with van der Waals surface area (Å²) in [5.74, 6) is 0.378. The molecule has 1 fully saturated rings. The lowest BCUT2D eigenvalue weighted by molar-refractivity contribution is 0.102. The number of aromatic amines is 2. The smallest absolute Gasteiger partial charge is 0.342 e. The lowest BCUT2D eigenvalue weighted by Gasteiger charge is -2.34. The van der Waals surface area contributed by atoms with Gasteiger partial charge < -0.3 is 10.0 Å². The predicted octanol–water partition coefficient (Wildman–Crippen LogP) is -1.33. The zero-order chi connectivity index (χ0) is 11.7. The second kappa shape index (κ2) is 4.09. The zero-order valence-corrected chi connectivity index (χ0v) is 8.93. The minimum atomic E-state index is -0.625. The van der Waals surface area contributed by atoms with Crippen LogP contribution in [-0.4, -0.2) is 39.5 Å². The maximum absolute atomic E-state index is 11.5. The van der Waals surface area contributed by atoms with Gasteiger partial charge in [-0.3, -0.25) is 9.78 Å². The zero-order valence-electron chi connectivity index (χ0n) is 8.93. The Morgan fingerprint density at radius 1 is 1.50 bits per heavy atom. The van der Waals surface area contributed by atoms with Gasteiger partial charge >= 0.3 is 5.69 Å². The SMILES string of the molecule is CC1CCN(c2n[nH]c(=O)[nH]c2=O)CC1O. The highest BCUT2D eigenvalue weighted by Crippen LogP contribution is 2.18. The van der Waals surface area contributed by atoms with Crippen molar-refractivity contribution in [1.82, 2.24) is 15.2 Å². The second-order valence-corrected chi connectivity index (χ2v) is 4.11. The predicted molar refractivity (Wildman–Crippen MR) is 57.5 cm³/mol. The fourth-order valence-electron chi connectivity index (χ4n) is 1.80. The molecule has 2 atom stereocenters. The van der Waals surface area contributed by atoms with Gasteiger partial charge in [0.05, 0.1) is 6.10 Å². The van der Waals surface area contributed by atoms with Gasteiger partial charge in [0.15, 0.2) is 0 Å². The Bertz CT molecular complexity index is 480.